The third-order valence-electron chi connectivity index (χ3n) is 9.47. The molecule has 2 nitrogen and oxygen atoms in total. The van der Waals surface area contributed by atoms with Crippen molar-refractivity contribution in [1.82, 2.24) is 4.58 Å². The summed E-state index contributed by atoms with van der Waals surface area (Å²) in [5.74, 6) is 0. The molecule has 0 bridgehead atoms. The molecular weight excluding hydrogens is 565 g/mol. The van der Waals surface area contributed by atoms with Gasteiger partial charge in [-0.15, -0.1) is 11.3 Å². The maximum Gasteiger partial charge on any atom is 0.235 e. The van der Waals surface area contributed by atoms with Gasteiger partial charge in [0.25, 0.3) is 0 Å². The third-order valence-corrected chi connectivity index (χ3v) is 10.6. The van der Waals surface area contributed by atoms with Crippen molar-refractivity contribution >= 4 is 65.5 Å². The largest absolute Gasteiger partial charge is 0.318 e. The summed E-state index contributed by atoms with van der Waals surface area (Å²) in [7, 11) is 0. The van der Waals surface area contributed by atoms with Gasteiger partial charge in [-0.25, -0.2) is 0 Å². The zero-order chi connectivity index (χ0) is 29.5. The van der Waals surface area contributed by atoms with Gasteiger partial charge < -0.3 is 4.90 Å². The van der Waals surface area contributed by atoms with Gasteiger partial charge in [-0.05, 0) is 58.2 Å². The van der Waals surface area contributed by atoms with Crippen molar-refractivity contribution in [3.63, 3.8) is 0 Å². The highest BCUT2D eigenvalue weighted by molar-refractivity contribution is 7.25. The number of anilines is 2. The summed E-state index contributed by atoms with van der Waals surface area (Å²) in [6, 6.07) is 51.2. The summed E-state index contributed by atoms with van der Waals surface area (Å²) in [6.45, 7) is 0. The van der Waals surface area contributed by atoms with Crippen LogP contribution in [-0.4, -0.2) is 11.8 Å². The first kappa shape index (κ1) is 24.9. The number of hydrogen-bond donors (Lipinski definition) is 0. The van der Waals surface area contributed by atoms with Crippen LogP contribution in [0.2, 0.25) is 0 Å². The Bertz CT molecular complexity index is 2370. The Kier molecular flexibility index (Phi) is 5.25. The van der Waals surface area contributed by atoms with Crippen molar-refractivity contribution in [2.45, 2.75) is 6.04 Å². The molecule has 1 aliphatic carbocycles. The van der Waals surface area contributed by atoms with E-state index in [-0.39, 0.29) is 6.04 Å². The van der Waals surface area contributed by atoms with Gasteiger partial charge in [0.15, 0.2) is 0 Å². The third kappa shape index (κ3) is 3.65. The van der Waals surface area contributed by atoms with Gasteiger partial charge in [0.05, 0.1) is 5.69 Å². The SMILES string of the molecule is C1=CC2=[N+](c3cc(-c4ccccc4)cc(-c4ccccc4)c3)c3ccccc3N3c4cc5sc6ccccc6c5cc4C(=C1)C23. The second-order valence-electron chi connectivity index (χ2n) is 12.0. The minimum atomic E-state index is 0.100. The van der Waals surface area contributed by atoms with E-state index in [1.165, 1.54) is 82.0 Å². The summed E-state index contributed by atoms with van der Waals surface area (Å²) in [5.41, 5.74) is 13.7. The van der Waals surface area contributed by atoms with E-state index < -0.39 is 0 Å². The molecule has 0 saturated carbocycles. The molecule has 210 valence electrons. The Morgan fingerprint density at radius 1 is 0.556 bits per heavy atom. The topological polar surface area (TPSA) is 6.25 Å². The van der Waals surface area contributed by atoms with Crippen LogP contribution in [0.25, 0.3) is 48.0 Å². The van der Waals surface area contributed by atoms with Gasteiger partial charge in [-0.1, -0.05) is 103 Å². The normalized spacial score (nSPS) is 16.1. The Balaban J connectivity index is 1.24. The lowest BCUT2D eigenvalue weighted by atomic mass is 9.91. The molecule has 10 rings (SSSR count). The minimum absolute atomic E-state index is 0.100. The van der Waals surface area contributed by atoms with Crippen LogP contribution in [0.15, 0.2) is 158 Å². The molecular formula is C42H27N2S+. The van der Waals surface area contributed by atoms with E-state index in [4.69, 9.17) is 0 Å². The number of para-hydroxylation sites is 2. The van der Waals surface area contributed by atoms with Gasteiger partial charge in [0, 0.05) is 50.0 Å². The second-order valence-corrected chi connectivity index (χ2v) is 13.1. The molecule has 0 amide bonds. The van der Waals surface area contributed by atoms with Crippen LogP contribution in [0.5, 0.6) is 0 Å². The zero-order valence-corrected chi connectivity index (χ0v) is 25.2. The van der Waals surface area contributed by atoms with Crippen LogP contribution in [0.3, 0.4) is 0 Å². The summed E-state index contributed by atoms with van der Waals surface area (Å²) in [6.07, 6.45) is 6.89. The van der Waals surface area contributed by atoms with Crippen molar-refractivity contribution in [1.29, 1.82) is 0 Å². The summed E-state index contributed by atoms with van der Waals surface area (Å²) in [5, 5.41) is 2.69. The lowest BCUT2D eigenvalue weighted by molar-refractivity contribution is 0.932. The Morgan fingerprint density at radius 2 is 1.24 bits per heavy atom. The average molecular weight is 592 g/mol. The van der Waals surface area contributed by atoms with Crippen LogP contribution in [-0.2, 0) is 0 Å². The lowest BCUT2D eigenvalue weighted by Gasteiger charge is -2.32. The Morgan fingerprint density at radius 3 is 2.02 bits per heavy atom. The van der Waals surface area contributed by atoms with Crippen molar-refractivity contribution in [2.24, 2.45) is 0 Å². The molecule has 2 aliphatic heterocycles. The second kappa shape index (κ2) is 9.49. The van der Waals surface area contributed by atoms with E-state index in [0.29, 0.717) is 0 Å². The van der Waals surface area contributed by atoms with Crippen molar-refractivity contribution < 1.29 is 0 Å². The van der Waals surface area contributed by atoms with Gasteiger partial charge in [0.1, 0.15) is 11.7 Å². The molecule has 3 heterocycles. The standard InChI is InChI=1S/C42H27N2S/c1-3-12-27(13-4-1)29-22-30(28-14-5-2-6-15-28)24-31(23-29)43-36-18-8-9-19-37(36)44-39-26-41-35(32-16-7-10-21-40(32)45-41)25-34(39)33-17-11-20-38(43)42(33)44/h1-26,42H/q+1. The lowest BCUT2D eigenvalue weighted by Crippen LogP contribution is -2.43. The van der Waals surface area contributed by atoms with Crippen molar-refractivity contribution in [3.05, 3.63) is 163 Å². The molecule has 1 unspecified atom stereocenters. The first-order valence-corrected chi connectivity index (χ1v) is 16.3. The Labute approximate surface area is 265 Å². The maximum atomic E-state index is 2.58. The average Bonchev–Trinajstić information content (AvgIpc) is 3.64. The number of rotatable bonds is 3. The molecule has 0 N–H and O–H groups in total. The first-order chi connectivity index (χ1) is 22.3. The molecule has 0 saturated heterocycles. The number of thiophene rings is 1. The molecule has 3 heteroatoms. The first-order valence-electron chi connectivity index (χ1n) is 15.5. The highest BCUT2D eigenvalue weighted by Crippen LogP contribution is 2.54. The Hall–Kier alpha value is -5.51. The van der Waals surface area contributed by atoms with E-state index in [1.54, 1.807) is 0 Å². The molecule has 1 atom stereocenters. The van der Waals surface area contributed by atoms with Crippen LogP contribution in [0, 0.1) is 0 Å². The molecule has 3 aliphatic rings. The number of fused-ring (bicyclic) bond motifs is 8. The predicted octanol–water partition coefficient (Wildman–Crippen LogP) is 11.2. The van der Waals surface area contributed by atoms with Gasteiger partial charge in [-0.2, -0.15) is 4.58 Å². The fourth-order valence-electron chi connectivity index (χ4n) is 7.52. The van der Waals surface area contributed by atoms with Crippen molar-refractivity contribution in [3.8, 4) is 22.3 Å². The molecule has 0 fully saturated rings. The van der Waals surface area contributed by atoms with Gasteiger partial charge in [0.2, 0.25) is 17.1 Å². The van der Waals surface area contributed by atoms with E-state index in [1.807, 2.05) is 11.3 Å². The van der Waals surface area contributed by atoms with E-state index in [0.717, 1.165) is 0 Å². The van der Waals surface area contributed by atoms with Crippen LogP contribution in [0.1, 0.15) is 5.56 Å². The quantitative estimate of drug-likeness (QED) is 0.185. The van der Waals surface area contributed by atoms with E-state index in [9.17, 15) is 0 Å². The summed E-state index contributed by atoms with van der Waals surface area (Å²) < 4.78 is 5.18. The van der Waals surface area contributed by atoms with Gasteiger partial charge >= 0.3 is 0 Å². The number of nitrogens with zero attached hydrogens (tertiary/aromatic N) is 2. The number of allylic oxidation sites excluding steroid dienone is 2. The highest BCUT2D eigenvalue weighted by Gasteiger charge is 2.48. The fourth-order valence-corrected chi connectivity index (χ4v) is 8.64. The highest BCUT2D eigenvalue weighted by atomic mass is 32.1. The van der Waals surface area contributed by atoms with Crippen LogP contribution < -0.4 is 9.48 Å². The number of hydrogen-bond acceptors (Lipinski definition) is 2. The molecule has 6 aromatic carbocycles. The monoisotopic (exact) mass is 591 g/mol. The van der Waals surface area contributed by atoms with Crippen LogP contribution in [0.4, 0.5) is 22.7 Å². The fraction of sp³-hybridized carbons (Fsp3) is 0.0238. The van der Waals surface area contributed by atoms with E-state index >= 15 is 0 Å². The summed E-state index contributed by atoms with van der Waals surface area (Å²) in [4.78, 5) is 2.58. The molecule has 7 aromatic rings. The number of benzene rings is 6. The molecule has 0 spiro atoms. The smallest absolute Gasteiger partial charge is 0.235 e. The molecule has 45 heavy (non-hydrogen) atoms. The maximum absolute atomic E-state index is 2.58. The molecule has 1 aromatic heterocycles. The van der Waals surface area contributed by atoms with Gasteiger partial charge in [-0.3, -0.25) is 0 Å². The minimum Gasteiger partial charge on any atom is -0.318 e. The van der Waals surface area contributed by atoms with Crippen molar-refractivity contribution in [2.75, 3.05) is 4.90 Å². The predicted molar refractivity (Wildman–Crippen MR) is 193 cm³/mol. The zero-order valence-electron chi connectivity index (χ0n) is 24.4. The van der Waals surface area contributed by atoms with Crippen LogP contribution >= 0.6 is 11.3 Å². The molecule has 0 radical (unpaired) electrons. The van der Waals surface area contributed by atoms with E-state index in [2.05, 4.69) is 167 Å². The summed E-state index contributed by atoms with van der Waals surface area (Å²) >= 11 is 1.89.